The highest BCUT2D eigenvalue weighted by atomic mass is 16.5. The van der Waals surface area contributed by atoms with Gasteiger partial charge in [0.2, 0.25) is 0 Å². The van der Waals surface area contributed by atoms with Gasteiger partial charge in [-0.1, -0.05) is 0 Å². The number of carbonyl (C=O) groups is 1. The van der Waals surface area contributed by atoms with E-state index in [4.69, 9.17) is 4.74 Å². The maximum Gasteiger partial charge on any atom is 0.319 e. The van der Waals surface area contributed by atoms with E-state index < -0.39 is 0 Å². The van der Waals surface area contributed by atoms with Crippen molar-refractivity contribution in [1.29, 1.82) is 0 Å². The van der Waals surface area contributed by atoms with Crippen molar-refractivity contribution in [2.45, 2.75) is 25.8 Å². The summed E-state index contributed by atoms with van der Waals surface area (Å²) in [4.78, 5) is 10.9. The summed E-state index contributed by atoms with van der Waals surface area (Å²) in [6.45, 7) is 4.10. The third-order valence-corrected chi connectivity index (χ3v) is 2.77. The topological polar surface area (TPSA) is 47.6 Å². The number of rotatable bonds is 4. The van der Waals surface area contributed by atoms with Crippen LogP contribution in [-0.4, -0.2) is 38.9 Å². The largest absolute Gasteiger partial charge is 0.468 e. The summed E-state index contributed by atoms with van der Waals surface area (Å²) in [6.07, 6.45) is 2.16. The monoisotopic (exact) mass is 201 g/mol. The van der Waals surface area contributed by atoms with E-state index in [1.165, 1.54) is 7.11 Å². The van der Waals surface area contributed by atoms with Crippen molar-refractivity contribution < 1.29 is 14.3 Å². The van der Waals surface area contributed by atoms with Crippen LogP contribution in [-0.2, 0) is 14.3 Å². The first-order chi connectivity index (χ1) is 6.74. The summed E-state index contributed by atoms with van der Waals surface area (Å²) in [5, 5.41) is 3.17. The molecular weight excluding hydrogens is 182 g/mol. The molecular formula is C10H19NO3. The van der Waals surface area contributed by atoms with Crippen molar-refractivity contribution in [2.24, 2.45) is 5.92 Å². The molecule has 0 amide bonds. The predicted octanol–water partition coefficient (Wildman–Crippen LogP) is 0.564. The van der Waals surface area contributed by atoms with Gasteiger partial charge in [-0.25, -0.2) is 0 Å². The van der Waals surface area contributed by atoms with E-state index in [-0.39, 0.29) is 5.97 Å². The number of hydrogen-bond donors (Lipinski definition) is 1. The molecule has 1 fully saturated rings. The van der Waals surface area contributed by atoms with Gasteiger partial charge < -0.3 is 14.8 Å². The van der Waals surface area contributed by atoms with Crippen LogP contribution in [0, 0.1) is 5.92 Å². The fourth-order valence-electron chi connectivity index (χ4n) is 1.70. The second-order valence-electron chi connectivity index (χ2n) is 3.70. The zero-order chi connectivity index (χ0) is 10.4. The summed E-state index contributed by atoms with van der Waals surface area (Å²) >= 11 is 0. The quantitative estimate of drug-likeness (QED) is 0.675. The summed E-state index contributed by atoms with van der Waals surface area (Å²) < 4.78 is 9.84. The molecule has 0 radical (unpaired) electrons. The standard InChI is InChI=1S/C10H19NO3/c1-8(11-7-10(12)13-2)9-3-5-14-6-4-9/h8-9,11H,3-7H2,1-2H3/t8-/m1/s1. The number of methoxy groups -OCH3 is 1. The van der Waals surface area contributed by atoms with Crippen LogP contribution >= 0.6 is 0 Å². The Morgan fingerprint density at radius 3 is 2.79 bits per heavy atom. The SMILES string of the molecule is COC(=O)CN[C@H](C)C1CCOCC1. The van der Waals surface area contributed by atoms with E-state index in [1.807, 2.05) is 0 Å². The average molecular weight is 201 g/mol. The number of nitrogens with one attached hydrogen (secondary N) is 1. The molecule has 1 atom stereocenters. The molecule has 0 spiro atoms. The van der Waals surface area contributed by atoms with Gasteiger partial charge in [-0.15, -0.1) is 0 Å². The molecule has 4 heteroatoms. The number of ether oxygens (including phenoxy) is 2. The molecule has 1 aliphatic heterocycles. The Balaban J connectivity index is 2.19. The van der Waals surface area contributed by atoms with Crippen LogP contribution < -0.4 is 5.32 Å². The molecule has 1 N–H and O–H groups in total. The van der Waals surface area contributed by atoms with Crippen molar-refractivity contribution in [3.8, 4) is 0 Å². The molecule has 0 saturated carbocycles. The van der Waals surface area contributed by atoms with Crippen LogP contribution in [0.5, 0.6) is 0 Å². The smallest absolute Gasteiger partial charge is 0.319 e. The van der Waals surface area contributed by atoms with Crippen molar-refractivity contribution >= 4 is 5.97 Å². The fourth-order valence-corrected chi connectivity index (χ4v) is 1.70. The van der Waals surface area contributed by atoms with Gasteiger partial charge in [0.15, 0.2) is 0 Å². The Hall–Kier alpha value is -0.610. The van der Waals surface area contributed by atoms with Gasteiger partial charge in [-0.3, -0.25) is 4.79 Å². The molecule has 0 aromatic heterocycles. The number of carbonyl (C=O) groups excluding carboxylic acids is 1. The second-order valence-corrected chi connectivity index (χ2v) is 3.70. The van der Waals surface area contributed by atoms with Crippen molar-refractivity contribution in [3.05, 3.63) is 0 Å². The molecule has 82 valence electrons. The predicted molar refractivity (Wildman–Crippen MR) is 53.0 cm³/mol. The van der Waals surface area contributed by atoms with Crippen molar-refractivity contribution in [1.82, 2.24) is 5.32 Å². The van der Waals surface area contributed by atoms with Crippen LogP contribution in [0.4, 0.5) is 0 Å². The third kappa shape index (κ3) is 3.64. The zero-order valence-electron chi connectivity index (χ0n) is 8.91. The Labute approximate surface area is 85.0 Å². The Morgan fingerprint density at radius 2 is 2.21 bits per heavy atom. The maximum absolute atomic E-state index is 10.9. The molecule has 4 nitrogen and oxygen atoms in total. The Kier molecular flexibility index (Phi) is 4.90. The van der Waals surface area contributed by atoms with Crippen LogP contribution in [0.15, 0.2) is 0 Å². The van der Waals surface area contributed by atoms with E-state index >= 15 is 0 Å². The van der Waals surface area contributed by atoms with Gasteiger partial charge in [0.1, 0.15) is 0 Å². The number of esters is 1. The van der Waals surface area contributed by atoms with Gasteiger partial charge >= 0.3 is 5.97 Å². The zero-order valence-corrected chi connectivity index (χ0v) is 8.91. The minimum absolute atomic E-state index is 0.205. The molecule has 0 aromatic rings. The third-order valence-electron chi connectivity index (χ3n) is 2.77. The lowest BCUT2D eigenvalue weighted by molar-refractivity contribution is -0.139. The average Bonchev–Trinajstić information content (AvgIpc) is 2.26. The first-order valence-electron chi connectivity index (χ1n) is 5.12. The van der Waals surface area contributed by atoms with E-state index in [0.29, 0.717) is 18.5 Å². The first kappa shape index (κ1) is 11.5. The lowest BCUT2D eigenvalue weighted by Gasteiger charge is -2.28. The molecule has 1 heterocycles. The molecule has 1 aliphatic rings. The summed E-state index contributed by atoms with van der Waals surface area (Å²) in [5.41, 5.74) is 0. The molecule has 14 heavy (non-hydrogen) atoms. The molecule has 0 aliphatic carbocycles. The van der Waals surface area contributed by atoms with E-state index in [9.17, 15) is 4.79 Å². The van der Waals surface area contributed by atoms with Gasteiger partial charge in [0.05, 0.1) is 13.7 Å². The molecule has 0 bridgehead atoms. The van der Waals surface area contributed by atoms with Crippen LogP contribution in [0.25, 0.3) is 0 Å². The minimum Gasteiger partial charge on any atom is -0.468 e. The van der Waals surface area contributed by atoms with Crippen LogP contribution in [0.3, 0.4) is 0 Å². The first-order valence-corrected chi connectivity index (χ1v) is 5.12. The van der Waals surface area contributed by atoms with Crippen LogP contribution in [0.2, 0.25) is 0 Å². The highest BCUT2D eigenvalue weighted by Crippen LogP contribution is 2.18. The fraction of sp³-hybridized carbons (Fsp3) is 0.900. The van der Waals surface area contributed by atoms with E-state index in [2.05, 4.69) is 17.0 Å². The normalized spacial score (nSPS) is 20.4. The maximum atomic E-state index is 10.9. The number of hydrogen-bond acceptors (Lipinski definition) is 4. The summed E-state index contributed by atoms with van der Waals surface area (Å²) in [6, 6.07) is 0.359. The Bertz CT molecular complexity index is 178. The summed E-state index contributed by atoms with van der Waals surface area (Å²) in [5.74, 6) is 0.414. The van der Waals surface area contributed by atoms with E-state index in [0.717, 1.165) is 26.1 Å². The molecule has 1 rings (SSSR count). The van der Waals surface area contributed by atoms with Crippen molar-refractivity contribution in [2.75, 3.05) is 26.9 Å². The van der Waals surface area contributed by atoms with Gasteiger partial charge in [0, 0.05) is 19.3 Å². The van der Waals surface area contributed by atoms with Crippen molar-refractivity contribution in [3.63, 3.8) is 0 Å². The van der Waals surface area contributed by atoms with Gasteiger partial charge in [-0.2, -0.15) is 0 Å². The van der Waals surface area contributed by atoms with Gasteiger partial charge in [-0.05, 0) is 25.7 Å². The summed E-state index contributed by atoms with van der Waals surface area (Å²) in [7, 11) is 1.41. The second kappa shape index (κ2) is 5.98. The minimum atomic E-state index is -0.205. The van der Waals surface area contributed by atoms with Crippen LogP contribution in [0.1, 0.15) is 19.8 Å². The van der Waals surface area contributed by atoms with E-state index in [1.54, 1.807) is 0 Å². The molecule has 0 aromatic carbocycles. The highest BCUT2D eigenvalue weighted by molar-refractivity contribution is 5.71. The highest BCUT2D eigenvalue weighted by Gasteiger charge is 2.20. The molecule has 1 saturated heterocycles. The van der Waals surface area contributed by atoms with Gasteiger partial charge in [0.25, 0.3) is 0 Å². The molecule has 0 unspecified atom stereocenters. The Morgan fingerprint density at radius 1 is 1.57 bits per heavy atom. The lowest BCUT2D eigenvalue weighted by Crippen LogP contribution is -2.39. The lowest BCUT2D eigenvalue weighted by atomic mass is 9.93.